The monoisotopic (exact) mass is 463 g/mol. The van der Waals surface area contributed by atoms with Crippen molar-refractivity contribution in [3.63, 3.8) is 0 Å². The number of hydrogen-bond donors (Lipinski definition) is 1. The predicted octanol–water partition coefficient (Wildman–Crippen LogP) is 3.50. The average Bonchev–Trinajstić information content (AvgIpc) is 3.56. The Labute approximate surface area is 196 Å². The molecule has 34 heavy (non-hydrogen) atoms. The van der Waals surface area contributed by atoms with Gasteiger partial charge in [0.2, 0.25) is 5.43 Å². The Morgan fingerprint density at radius 3 is 2.59 bits per heavy atom. The summed E-state index contributed by atoms with van der Waals surface area (Å²) in [6, 6.07) is 15.1. The Bertz CT molecular complexity index is 1310. The highest BCUT2D eigenvalue weighted by molar-refractivity contribution is 5.96. The van der Waals surface area contributed by atoms with Crippen LogP contribution in [0.15, 0.2) is 65.6 Å². The maximum atomic E-state index is 15.1. The maximum Gasteiger partial charge on any atom is 0.277 e. The third-order valence-electron chi connectivity index (χ3n) is 6.81. The molecule has 2 aromatic carbocycles. The number of benzene rings is 2. The first-order valence-electron chi connectivity index (χ1n) is 11.0. The lowest BCUT2D eigenvalue weighted by Gasteiger charge is -2.44. The Morgan fingerprint density at radius 2 is 1.79 bits per heavy atom. The minimum absolute atomic E-state index is 0. The number of para-hydroxylation sites is 1. The molecular weight excluding hydrogens is 437 g/mol. The highest BCUT2D eigenvalue weighted by Gasteiger charge is 2.44. The van der Waals surface area contributed by atoms with Crippen molar-refractivity contribution in [1.82, 2.24) is 9.58 Å². The number of halogens is 1. The molecule has 2 bridgehead atoms. The molecule has 1 fully saturated rings. The van der Waals surface area contributed by atoms with E-state index in [1.165, 1.54) is 23.0 Å². The van der Waals surface area contributed by atoms with Crippen molar-refractivity contribution in [2.24, 2.45) is 11.8 Å². The topological polar surface area (TPSA) is 75.0 Å². The third-order valence-corrected chi connectivity index (χ3v) is 6.81. The summed E-state index contributed by atoms with van der Waals surface area (Å²) in [6.45, 7) is 1.07. The highest BCUT2D eigenvalue weighted by atomic mass is 19.1. The van der Waals surface area contributed by atoms with E-state index in [-0.39, 0.29) is 37.4 Å². The second-order valence-corrected chi connectivity index (χ2v) is 8.87. The Balaban J connectivity index is 0.00000241. The summed E-state index contributed by atoms with van der Waals surface area (Å²) in [7, 11) is 0. The number of carbonyl (C=O) groups is 1. The Kier molecular flexibility index (Phi) is 5.31. The van der Waals surface area contributed by atoms with Gasteiger partial charge < -0.3 is 14.7 Å². The van der Waals surface area contributed by atoms with Crippen LogP contribution in [-0.2, 0) is 0 Å². The van der Waals surface area contributed by atoms with Crippen molar-refractivity contribution in [3.8, 4) is 11.5 Å². The molecule has 8 heteroatoms. The van der Waals surface area contributed by atoms with E-state index < -0.39 is 28.9 Å². The van der Waals surface area contributed by atoms with Gasteiger partial charge >= 0.3 is 0 Å². The molecule has 1 aliphatic carbocycles. The summed E-state index contributed by atoms with van der Waals surface area (Å²) in [6.07, 6.45) is 2.37. The second kappa shape index (κ2) is 8.20. The number of carbonyl (C=O) groups excluding carboxylic acids is 1. The molecule has 1 N–H and O–H groups in total. The van der Waals surface area contributed by atoms with E-state index in [1.54, 1.807) is 11.0 Å². The zero-order chi connectivity index (χ0) is 22.7. The van der Waals surface area contributed by atoms with Gasteiger partial charge in [-0.2, -0.15) is 0 Å². The molecule has 3 aliphatic rings. The number of ether oxygens (including phenoxy) is 1. The van der Waals surface area contributed by atoms with Crippen molar-refractivity contribution in [1.29, 1.82) is 0 Å². The number of fused-ring (bicyclic) bond motifs is 6. The van der Waals surface area contributed by atoms with Crippen LogP contribution in [0.1, 0.15) is 41.5 Å². The van der Waals surface area contributed by atoms with Crippen LogP contribution in [0.2, 0.25) is 0 Å². The number of pyridine rings is 1. The average molecular weight is 464 g/mol. The molecule has 1 aromatic heterocycles. The zero-order valence-corrected chi connectivity index (χ0v) is 17.7. The van der Waals surface area contributed by atoms with E-state index >= 15 is 4.39 Å². The van der Waals surface area contributed by atoms with Gasteiger partial charge in [0.05, 0.1) is 6.61 Å². The Morgan fingerprint density at radius 1 is 1.00 bits per heavy atom. The molecule has 176 valence electrons. The number of aromatic hydroxyl groups is 1. The minimum Gasteiger partial charge on any atom is -0.502 e. The summed E-state index contributed by atoms with van der Waals surface area (Å²) in [5.41, 5.74) is 0.774. The van der Waals surface area contributed by atoms with Crippen LogP contribution in [0.4, 0.5) is 4.39 Å². The first-order valence-corrected chi connectivity index (χ1v) is 11.0. The first kappa shape index (κ1) is 22.0. The van der Waals surface area contributed by atoms with E-state index in [1.807, 2.05) is 41.4 Å². The molecule has 3 aromatic rings. The molecule has 2 aliphatic heterocycles. The van der Waals surface area contributed by atoms with Gasteiger partial charge in [0.25, 0.3) is 5.91 Å². The number of amides is 1. The molecule has 6 rings (SSSR count). The number of nitrogens with zero attached hydrogens (tertiary/aromatic N) is 3. The van der Waals surface area contributed by atoms with Gasteiger partial charge in [-0.15, -0.1) is 0 Å². The van der Waals surface area contributed by atoms with Crippen LogP contribution in [0.3, 0.4) is 0 Å². The maximum absolute atomic E-state index is 15.1. The van der Waals surface area contributed by atoms with Gasteiger partial charge in [-0.1, -0.05) is 49.9 Å². The molecule has 0 spiro atoms. The number of aromatic nitrogens is 1. The number of hydrogen-bond acceptors (Lipinski definition) is 5. The van der Waals surface area contributed by atoms with Crippen LogP contribution in [-0.4, -0.2) is 40.4 Å². The molecule has 3 atom stereocenters. The standard InChI is InChI=1S/C25H22FN3O4.CH4/c26-19-8-4-7-18-21(15-5-2-1-3-6-15)29-14-27(12-16-11-17(16)13-33-24(18)19)25(32)22-23(31)20(30)9-10-28(22)29;/h1-10,16-17,21,31H,11-14H2;1H4/t16-,17-,21-;/m0./s1. The van der Waals surface area contributed by atoms with Crippen molar-refractivity contribution in [3.05, 3.63) is 93.7 Å². The fourth-order valence-corrected chi connectivity index (χ4v) is 4.99. The molecule has 0 saturated heterocycles. The van der Waals surface area contributed by atoms with Crippen molar-refractivity contribution in [2.45, 2.75) is 19.9 Å². The van der Waals surface area contributed by atoms with E-state index in [9.17, 15) is 14.7 Å². The minimum atomic E-state index is -0.615. The van der Waals surface area contributed by atoms with Crippen LogP contribution in [0.5, 0.6) is 11.5 Å². The molecule has 3 heterocycles. The summed E-state index contributed by atoms with van der Waals surface area (Å²) in [5.74, 6) is -0.781. The first-order chi connectivity index (χ1) is 16.0. The largest absolute Gasteiger partial charge is 0.502 e. The van der Waals surface area contributed by atoms with E-state index in [0.717, 1.165) is 12.0 Å². The lowest BCUT2D eigenvalue weighted by Crippen LogP contribution is -2.55. The van der Waals surface area contributed by atoms with Gasteiger partial charge in [-0.3, -0.25) is 19.3 Å². The smallest absolute Gasteiger partial charge is 0.277 e. The summed E-state index contributed by atoms with van der Waals surface area (Å²) in [5, 5.41) is 12.5. The van der Waals surface area contributed by atoms with Gasteiger partial charge in [0.15, 0.2) is 23.0 Å². The quantitative estimate of drug-likeness (QED) is 0.598. The van der Waals surface area contributed by atoms with Gasteiger partial charge in [0.1, 0.15) is 12.7 Å². The van der Waals surface area contributed by atoms with E-state index in [2.05, 4.69) is 0 Å². The zero-order valence-electron chi connectivity index (χ0n) is 17.7. The summed E-state index contributed by atoms with van der Waals surface area (Å²) < 4.78 is 22.6. The van der Waals surface area contributed by atoms with Crippen molar-refractivity contribution in [2.75, 3.05) is 24.8 Å². The lowest BCUT2D eigenvalue weighted by atomic mass is 9.96. The predicted molar refractivity (Wildman–Crippen MR) is 125 cm³/mol. The molecule has 7 nitrogen and oxygen atoms in total. The fraction of sp³-hybridized carbons (Fsp3) is 0.308. The van der Waals surface area contributed by atoms with Crippen LogP contribution in [0.25, 0.3) is 0 Å². The molecule has 0 radical (unpaired) electrons. The van der Waals surface area contributed by atoms with Gasteiger partial charge in [0, 0.05) is 24.4 Å². The van der Waals surface area contributed by atoms with Crippen LogP contribution < -0.4 is 15.2 Å². The van der Waals surface area contributed by atoms with E-state index in [4.69, 9.17) is 4.74 Å². The van der Waals surface area contributed by atoms with E-state index in [0.29, 0.717) is 18.7 Å². The molecular formula is C26H26FN3O4. The van der Waals surface area contributed by atoms with Crippen molar-refractivity contribution < 1.29 is 19.0 Å². The fourth-order valence-electron chi connectivity index (χ4n) is 4.99. The lowest BCUT2D eigenvalue weighted by molar-refractivity contribution is 0.0667. The summed E-state index contributed by atoms with van der Waals surface area (Å²) >= 11 is 0. The van der Waals surface area contributed by atoms with Crippen LogP contribution in [0, 0.1) is 17.7 Å². The van der Waals surface area contributed by atoms with Crippen molar-refractivity contribution >= 4 is 5.91 Å². The Hall–Kier alpha value is -3.81. The third kappa shape index (κ3) is 3.41. The molecule has 1 saturated carbocycles. The SMILES string of the molecule is C.O=C1c2c(O)c(=O)ccn2N2CN1C[C@@H]1C[C@H]1COc1c(F)cccc1[C@@H]2c1ccccc1. The van der Waals surface area contributed by atoms with Gasteiger partial charge in [-0.05, 0) is 29.9 Å². The number of rotatable bonds is 1. The van der Waals surface area contributed by atoms with Gasteiger partial charge in [-0.25, -0.2) is 4.39 Å². The molecule has 1 amide bonds. The molecule has 0 unspecified atom stereocenters. The highest BCUT2D eigenvalue weighted by Crippen LogP contribution is 2.44. The van der Waals surface area contributed by atoms with Crippen LogP contribution >= 0.6 is 0 Å². The normalized spacial score (nSPS) is 22.9. The summed E-state index contributed by atoms with van der Waals surface area (Å²) in [4.78, 5) is 27.2. The second-order valence-electron chi connectivity index (χ2n) is 8.87.